The van der Waals surface area contributed by atoms with Crippen molar-refractivity contribution in [2.45, 2.75) is 13.3 Å². The molecule has 0 aromatic carbocycles. The molecule has 1 aliphatic rings. The molecule has 0 fully saturated rings. The molecule has 22 heavy (non-hydrogen) atoms. The molecule has 0 bridgehead atoms. The van der Waals surface area contributed by atoms with E-state index in [4.69, 9.17) is 0 Å². The van der Waals surface area contributed by atoms with Gasteiger partial charge in [-0.15, -0.1) is 11.3 Å². The fourth-order valence-electron chi connectivity index (χ4n) is 2.32. The number of pyridine rings is 1. The number of aromatic nitrogens is 1. The van der Waals surface area contributed by atoms with E-state index >= 15 is 0 Å². The zero-order chi connectivity index (χ0) is 15.9. The summed E-state index contributed by atoms with van der Waals surface area (Å²) in [5.74, 6) is -0.251. The summed E-state index contributed by atoms with van der Waals surface area (Å²) >= 11 is 1.33. The number of sulfonamides is 1. The molecule has 0 aliphatic carbocycles. The van der Waals surface area contributed by atoms with Gasteiger partial charge in [0.15, 0.2) is 0 Å². The van der Waals surface area contributed by atoms with E-state index in [-0.39, 0.29) is 5.91 Å². The Morgan fingerprint density at radius 1 is 1.41 bits per heavy atom. The van der Waals surface area contributed by atoms with Crippen molar-refractivity contribution in [2.24, 2.45) is 0 Å². The third-order valence-electron chi connectivity index (χ3n) is 3.39. The molecule has 1 aliphatic heterocycles. The van der Waals surface area contributed by atoms with E-state index in [0.717, 1.165) is 10.6 Å². The van der Waals surface area contributed by atoms with Crippen LogP contribution in [0.2, 0.25) is 0 Å². The molecule has 3 heterocycles. The second-order valence-electron chi connectivity index (χ2n) is 5.15. The number of carbonyl (C=O) groups is 1. The fraction of sp³-hybridized carbons (Fsp3) is 0.286. The monoisotopic (exact) mass is 337 g/mol. The van der Waals surface area contributed by atoms with Crippen LogP contribution in [0.1, 0.15) is 20.2 Å². The molecule has 0 saturated carbocycles. The summed E-state index contributed by atoms with van der Waals surface area (Å²) in [6, 6.07) is 5.24. The Balaban J connectivity index is 1.82. The molecule has 3 rings (SSSR count). The van der Waals surface area contributed by atoms with E-state index in [1.54, 1.807) is 18.3 Å². The van der Waals surface area contributed by atoms with E-state index in [2.05, 4.69) is 10.3 Å². The Labute approximate surface area is 132 Å². The van der Waals surface area contributed by atoms with Gasteiger partial charge in [-0.25, -0.2) is 8.42 Å². The third kappa shape index (κ3) is 2.84. The standard InChI is InChI=1S/C14H15N3O3S2/c1-9-3-4-10(8-15-9)16-14(18)13-7-11-12(21-13)5-6-17(11)22(2,19)20/h3-4,7-8H,5-6H2,1-2H3,(H,16,18). The van der Waals surface area contributed by atoms with Crippen molar-refractivity contribution >= 4 is 38.6 Å². The molecule has 1 N–H and O–H groups in total. The SMILES string of the molecule is Cc1ccc(NC(=O)c2cc3c(s2)CCN3S(C)(=O)=O)cn1. The van der Waals surface area contributed by atoms with E-state index in [1.165, 1.54) is 21.9 Å². The van der Waals surface area contributed by atoms with E-state index < -0.39 is 10.0 Å². The van der Waals surface area contributed by atoms with Crippen LogP contribution in [0.25, 0.3) is 0 Å². The van der Waals surface area contributed by atoms with Gasteiger partial charge < -0.3 is 5.32 Å². The molecule has 116 valence electrons. The smallest absolute Gasteiger partial charge is 0.265 e. The van der Waals surface area contributed by atoms with Gasteiger partial charge in [0.25, 0.3) is 5.91 Å². The summed E-state index contributed by atoms with van der Waals surface area (Å²) in [4.78, 5) is 17.8. The van der Waals surface area contributed by atoms with Crippen LogP contribution in [0.15, 0.2) is 24.4 Å². The predicted molar refractivity (Wildman–Crippen MR) is 87.1 cm³/mol. The molecule has 0 radical (unpaired) electrons. The maximum atomic E-state index is 12.3. The molecule has 0 atom stereocenters. The molecular weight excluding hydrogens is 322 g/mol. The highest BCUT2D eigenvalue weighted by Crippen LogP contribution is 2.37. The van der Waals surface area contributed by atoms with Crippen LogP contribution in [0.4, 0.5) is 11.4 Å². The van der Waals surface area contributed by atoms with Crippen molar-refractivity contribution in [2.75, 3.05) is 22.4 Å². The predicted octanol–water partition coefficient (Wildman–Crippen LogP) is 2.03. The van der Waals surface area contributed by atoms with Gasteiger partial charge in [-0.05, 0) is 25.1 Å². The van der Waals surface area contributed by atoms with E-state index in [1.807, 2.05) is 13.0 Å². The molecule has 6 nitrogen and oxygen atoms in total. The number of hydrogen-bond donors (Lipinski definition) is 1. The number of nitrogens with zero attached hydrogens (tertiary/aromatic N) is 2. The Morgan fingerprint density at radius 3 is 2.82 bits per heavy atom. The van der Waals surface area contributed by atoms with Gasteiger partial charge in [0.1, 0.15) is 0 Å². The Hall–Kier alpha value is -1.93. The number of aryl methyl sites for hydroxylation is 1. The number of amides is 1. The molecular formula is C14H15N3O3S2. The highest BCUT2D eigenvalue weighted by Gasteiger charge is 2.29. The average molecular weight is 337 g/mol. The summed E-state index contributed by atoms with van der Waals surface area (Å²) in [5, 5.41) is 2.77. The van der Waals surface area contributed by atoms with Gasteiger partial charge >= 0.3 is 0 Å². The van der Waals surface area contributed by atoms with Gasteiger partial charge in [-0.3, -0.25) is 14.1 Å². The number of nitrogens with one attached hydrogen (secondary N) is 1. The third-order valence-corrected chi connectivity index (χ3v) is 5.75. The van der Waals surface area contributed by atoms with Gasteiger partial charge in [-0.1, -0.05) is 0 Å². The largest absolute Gasteiger partial charge is 0.320 e. The number of carbonyl (C=O) groups excluding carboxylic acids is 1. The lowest BCUT2D eigenvalue weighted by atomic mass is 10.3. The second-order valence-corrected chi connectivity index (χ2v) is 8.19. The number of fused-ring (bicyclic) bond motifs is 1. The summed E-state index contributed by atoms with van der Waals surface area (Å²) < 4.78 is 24.8. The number of hydrogen-bond acceptors (Lipinski definition) is 5. The highest BCUT2D eigenvalue weighted by atomic mass is 32.2. The van der Waals surface area contributed by atoms with Crippen LogP contribution in [0.5, 0.6) is 0 Å². The van der Waals surface area contributed by atoms with Gasteiger partial charge in [0.2, 0.25) is 10.0 Å². The van der Waals surface area contributed by atoms with Gasteiger partial charge in [0.05, 0.1) is 28.7 Å². The van der Waals surface area contributed by atoms with Crippen LogP contribution < -0.4 is 9.62 Å². The lowest BCUT2D eigenvalue weighted by molar-refractivity contribution is 0.103. The van der Waals surface area contributed by atoms with Crippen molar-refractivity contribution in [3.63, 3.8) is 0 Å². The topological polar surface area (TPSA) is 79.4 Å². The van der Waals surface area contributed by atoms with Crippen molar-refractivity contribution < 1.29 is 13.2 Å². The van der Waals surface area contributed by atoms with E-state index in [0.29, 0.717) is 29.2 Å². The first-order valence-electron chi connectivity index (χ1n) is 6.69. The summed E-state index contributed by atoms with van der Waals surface area (Å²) in [5.41, 5.74) is 2.11. The zero-order valence-corrected chi connectivity index (χ0v) is 13.8. The minimum Gasteiger partial charge on any atom is -0.320 e. The van der Waals surface area contributed by atoms with E-state index in [9.17, 15) is 13.2 Å². The number of rotatable bonds is 3. The quantitative estimate of drug-likeness (QED) is 0.929. The fourth-order valence-corrected chi connectivity index (χ4v) is 4.37. The Kier molecular flexibility index (Phi) is 3.65. The first kappa shape index (κ1) is 15.0. The van der Waals surface area contributed by atoms with Crippen molar-refractivity contribution in [3.8, 4) is 0 Å². The first-order valence-corrected chi connectivity index (χ1v) is 9.35. The lowest BCUT2D eigenvalue weighted by Crippen LogP contribution is -2.27. The van der Waals surface area contributed by atoms with Gasteiger partial charge in [-0.2, -0.15) is 0 Å². The molecule has 0 spiro atoms. The molecule has 8 heteroatoms. The lowest BCUT2D eigenvalue weighted by Gasteiger charge is -2.14. The van der Waals surface area contributed by atoms with Crippen LogP contribution in [-0.4, -0.2) is 32.1 Å². The van der Waals surface area contributed by atoms with Crippen LogP contribution >= 0.6 is 11.3 Å². The van der Waals surface area contributed by atoms with Crippen LogP contribution in [-0.2, 0) is 16.4 Å². The van der Waals surface area contributed by atoms with Crippen molar-refractivity contribution in [1.82, 2.24) is 4.98 Å². The first-order chi connectivity index (χ1) is 10.3. The van der Waals surface area contributed by atoms with Crippen LogP contribution in [0, 0.1) is 6.92 Å². The van der Waals surface area contributed by atoms with Crippen molar-refractivity contribution in [1.29, 1.82) is 0 Å². The maximum Gasteiger partial charge on any atom is 0.265 e. The summed E-state index contributed by atoms with van der Waals surface area (Å²) in [7, 11) is -3.29. The molecule has 2 aromatic heterocycles. The Morgan fingerprint density at radius 2 is 2.18 bits per heavy atom. The summed E-state index contributed by atoms with van der Waals surface area (Å²) in [6.45, 7) is 2.32. The maximum absolute atomic E-state index is 12.3. The minimum atomic E-state index is -3.29. The Bertz CT molecular complexity index is 826. The minimum absolute atomic E-state index is 0.251. The normalized spacial score (nSPS) is 14.0. The molecule has 1 amide bonds. The van der Waals surface area contributed by atoms with Gasteiger partial charge in [0, 0.05) is 23.5 Å². The molecule has 2 aromatic rings. The number of anilines is 2. The highest BCUT2D eigenvalue weighted by molar-refractivity contribution is 7.92. The van der Waals surface area contributed by atoms with Crippen molar-refractivity contribution in [3.05, 3.63) is 39.8 Å². The number of thiophene rings is 1. The van der Waals surface area contributed by atoms with Crippen LogP contribution in [0.3, 0.4) is 0 Å². The average Bonchev–Trinajstić information content (AvgIpc) is 2.99. The summed E-state index contributed by atoms with van der Waals surface area (Å²) in [6.07, 6.45) is 3.42. The molecule has 0 unspecified atom stereocenters. The molecule has 0 saturated heterocycles. The zero-order valence-electron chi connectivity index (χ0n) is 12.2. The second kappa shape index (κ2) is 5.36.